The molecule has 0 aromatic carbocycles. The number of nitrogens with zero attached hydrogens (tertiary/aromatic N) is 2. The molecular formula is C9H13N3OS2. The van der Waals surface area contributed by atoms with Gasteiger partial charge in [0.1, 0.15) is 5.78 Å². The van der Waals surface area contributed by atoms with Gasteiger partial charge in [0, 0.05) is 6.42 Å². The van der Waals surface area contributed by atoms with Gasteiger partial charge in [-0.2, -0.15) is 0 Å². The van der Waals surface area contributed by atoms with Crippen LogP contribution in [0, 0.1) is 0 Å². The Hall–Kier alpha value is -0.620. The van der Waals surface area contributed by atoms with Gasteiger partial charge in [-0.05, 0) is 12.8 Å². The average Bonchev–Trinajstić information content (AvgIpc) is 2.50. The number of anilines is 1. The van der Waals surface area contributed by atoms with Crippen molar-refractivity contribution in [3.05, 3.63) is 0 Å². The molecule has 0 radical (unpaired) electrons. The zero-order chi connectivity index (χ0) is 10.7. The van der Waals surface area contributed by atoms with Gasteiger partial charge in [0.15, 0.2) is 4.34 Å². The summed E-state index contributed by atoms with van der Waals surface area (Å²) in [5.41, 5.74) is 5.50. The number of aromatic nitrogens is 2. The number of carbonyl (C=O) groups is 1. The van der Waals surface area contributed by atoms with Gasteiger partial charge < -0.3 is 5.73 Å². The minimum Gasteiger partial charge on any atom is -0.374 e. The van der Waals surface area contributed by atoms with E-state index >= 15 is 0 Å². The van der Waals surface area contributed by atoms with E-state index in [4.69, 9.17) is 5.73 Å². The number of ketones is 1. The molecule has 1 heterocycles. The molecule has 0 saturated heterocycles. The molecule has 0 spiro atoms. The summed E-state index contributed by atoms with van der Waals surface area (Å²) in [6, 6.07) is 0. The summed E-state index contributed by atoms with van der Waals surface area (Å²) in [6.45, 7) is 0. The van der Waals surface area contributed by atoms with Crippen LogP contribution in [0.3, 0.4) is 0 Å². The second-order valence-electron chi connectivity index (χ2n) is 3.58. The minimum atomic E-state index is 0.0693. The Bertz CT molecular complexity index is 353. The maximum absolute atomic E-state index is 11.7. The maximum atomic E-state index is 11.7. The number of nitrogens with two attached hydrogens (primary N) is 1. The largest absolute Gasteiger partial charge is 0.374 e. The third kappa shape index (κ3) is 2.92. The number of nitrogen functional groups attached to an aromatic ring is 1. The van der Waals surface area contributed by atoms with Crippen LogP contribution in [0.2, 0.25) is 0 Å². The SMILES string of the molecule is Nc1nnc(SC2CCCCCC2=O)s1. The lowest BCUT2D eigenvalue weighted by Crippen LogP contribution is -2.14. The first kappa shape index (κ1) is 10.9. The molecule has 1 aromatic rings. The Kier molecular flexibility index (Phi) is 3.58. The van der Waals surface area contributed by atoms with E-state index in [-0.39, 0.29) is 5.25 Å². The van der Waals surface area contributed by atoms with E-state index in [1.165, 1.54) is 29.5 Å². The van der Waals surface area contributed by atoms with Crippen LogP contribution in [0.4, 0.5) is 5.13 Å². The predicted octanol–water partition coefficient (Wildman–Crippen LogP) is 2.11. The third-order valence-corrected chi connectivity index (χ3v) is 4.57. The number of carbonyl (C=O) groups excluding carboxylic acids is 1. The van der Waals surface area contributed by atoms with Crippen molar-refractivity contribution in [2.75, 3.05) is 5.73 Å². The summed E-state index contributed by atoms with van der Waals surface area (Å²) in [4.78, 5) is 11.7. The van der Waals surface area contributed by atoms with E-state index in [1.807, 2.05) is 0 Å². The van der Waals surface area contributed by atoms with Gasteiger partial charge in [-0.15, -0.1) is 10.2 Å². The van der Waals surface area contributed by atoms with Gasteiger partial charge in [-0.25, -0.2) is 0 Å². The van der Waals surface area contributed by atoms with Crippen LogP contribution in [0.5, 0.6) is 0 Å². The number of hydrogen-bond donors (Lipinski definition) is 1. The number of thioether (sulfide) groups is 1. The van der Waals surface area contributed by atoms with Crippen molar-refractivity contribution in [1.82, 2.24) is 10.2 Å². The molecule has 1 saturated carbocycles. The molecule has 1 aromatic heterocycles. The standard InChI is InChI=1S/C9H13N3OS2/c10-8-11-12-9(15-8)14-7-5-3-1-2-4-6(7)13/h7H,1-5H2,(H2,10,11). The predicted molar refractivity (Wildman–Crippen MR) is 62.1 cm³/mol. The van der Waals surface area contributed by atoms with Gasteiger partial charge in [0.05, 0.1) is 5.25 Å². The topological polar surface area (TPSA) is 68.9 Å². The molecule has 6 heteroatoms. The van der Waals surface area contributed by atoms with Crippen LogP contribution in [-0.4, -0.2) is 21.2 Å². The van der Waals surface area contributed by atoms with Crippen LogP contribution in [0.1, 0.15) is 32.1 Å². The summed E-state index contributed by atoms with van der Waals surface area (Å²) in [5.74, 6) is 0.353. The zero-order valence-electron chi connectivity index (χ0n) is 8.31. The van der Waals surface area contributed by atoms with E-state index in [9.17, 15) is 4.79 Å². The molecule has 1 unspecified atom stereocenters. The van der Waals surface area contributed by atoms with Crippen molar-refractivity contribution < 1.29 is 4.79 Å². The molecule has 15 heavy (non-hydrogen) atoms. The smallest absolute Gasteiger partial charge is 0.203 e. The number of hydrogen-bond acceptors (Lipinski definition) is 6. The fourth-order valence-corrected chi connectivity index (χ4v) is 3.65. The fourth-order valence-electron chi connectivity index (χ4n) is 1.64. The summed E-state index contributed by atoms with van der Waals surface area (Å²) >= 11 is 2.88. The van der Waals surface area contributed by atoms with E-state index in [0.717, 1.165) is 23.6 Å². The first-order valence-electron chi connectivity index (χ1n) is 5.04. The Balaban J connectivity index is 2.00. The Morgan fingerprint density at radius 1 is 1.33 bits per heavy atom. The van der Waals surface area contributed by atoms with Crippen molar-refractivity contribution >= 4 is 34.0 Å². The molecule has 1 atom stereocenters. The summed E-state index contributed by atoms with van der Waals surface area (Å²) in [5, 5.41) is 8.21. The second-order valence-corrected chi connectivity index (χ2v) is 6.04. The fraction of sp³-hybridized carbons (Fsp3) is 0.667. The molecule has 1 fully saturated rings. The van der Waals surface area contributed by atoms with Crippen LogP contribution >= 0.6 is 23.1 Å². The molecule has 0 bridgehead atoms. The van der Waals surface area contributed by atoms with Crippen LogP contribution in [0.25, 0.3) is 0 Å². The number of Topliss-reactive ketones (excluding diaryl/α,β-unsaturated/α-hetero) is 1. The summed E-state index contributed by atoms with van der Waals surface area (Å²) < 4.78 is 0.813. The Morgan fingerprint density at radius 2 is 2.20 bits per heavy atom. The lowest BCUT2D eigenvalue weighted by molar-refractivity contribution is -0.118. The van der Waals surface area contributed by atoms with Crippen molar-refractivity contribution in [3.63, 3.8) is 0 Å². The highest BCUT2D eigenvalue weighted by Crippen LogP contribution is 2.33. The molecule has 2 N–H and O–H groups in total. The van der Waals surface area contributed by atoms with Gasteiger partial charge in [0.2, 0.25) is 5.13 Å². The highest BCUT2D eigenvalue weighted by Gasteiger charge is 2.23. The van der Waals surface area contributed by atoms with Crippen LogP contribution in [-0.2, 0) is 4.79 Å². The molecule has 0 amide bonds. The monoisotopic (exact) mass is 243 g/mol. The zero-order valence-corrected chi connectivity index (χ0v) is 9.94. The van der Waals surface area contributed by atoms with E-state index in [1.54, 1.807) is 0 Å². The van der Waals surface area contributed by atoms with Crippen molar-refractivity contribution in [3.8, 4) is 0 Å². The van der Waals surface area contributed by atoms with Crippen molar-refractivity contribution in [2.24, 2.45) is 0 Å². The minimum absolute atomic E-state index is 0.0693. The Labute approximate surface area is 96.7 Å². The van der Waals surface area contributed by atoms with Crippen LogP contribution in [0.15, 0.2) is 4.34 Å². The lowest BCUT2D eigenvalue weighted by Gasteiger charge is -2.08. The molecule has 2 rings (SSSR count). The summed E-state index contributed by atoms with van der Waals surface area (Å²) in [6.07, 6.45) is 5.02. The quantitative estimate of drug-likeness (QED) is 0.806. The lowest BCUT2D eigenvalue weighted by atomic mass is 10.2. The molecular weight excluding hydrogens is 230 g/mol. The molecule has 1 aliphatic rings. The Morgan fingerprint density at radius 3 is 2.93 bits per heavy atom. The normalized spacial score (nSPS) is 22.7. The molecule has 82 valence electrons. The summed E-state index contributed by atoms with van der Waals surface area (Å²) in [7, 11) is 0. The highest BCUT2D eigenvalue weighted by molar-refractivity contribution is 8.02. The van der Waals surface area contributed by atoms with Gasteiger partial charge in [-0.3, -0.25) is 4.79 Å². The van der Waals surface area contributed by atoms with Crippen molar-refractivity contribution in [2.45, 2.75) is 41.7 Å². The molecule has 4 nitrogen and oxygen atoms in total. The second kappa shape index (κ2) is 4.94. The van der Waals surface area contributed by atoms with E-state index in [2.05, 4.69) is 10.2 Å². The highest BCUT2D eigenvalue weighted by atomic mass is 32.2. The first-order valence-corrected chi connectivity index (χ1v) is 6.73. The first-order chi connectivity index (χ1) is 7.25. The molecule has 1 aliphatic carbocycles. The third-order valence-electron chi connectivity index (χ3n) is 2.41. The molecule has 0 aliphatic heterocycles. The number of rotatable bonds is 2. The van der Waals surface area contributed by atoms with Gasteiger partial charge in [-0.1, -0.05) is 35.9 Å². The van der Waals surface area contributed by atoms with E-state index < -0.39 is 0 Å². The van der Waals surface area contributed by atoms with E-state index in [0.29, 0.717) is 17.3 Å². The van der Waals surface area contributed by atoms with Crippen LogP contribution < -0.4 is 5.73 Å². The maximum Gasteiger partial charge on any atom is 0.203 e. The van der Waals surface area contributed by atoms with Gasteiger partial charge in [0.25, 0.3) is 0 Å². The van der Waals surface area contributed by atoms with Gasteiger partial charge >= 0.3 is 0 Å². The average molecular weight is 243 g/mol. The van der Waals surface area contributed by atoms with Crippen molar-refractivity contribution in [1.29, 1.82) is 0 Å².